The number of alkyl halides is 2. The van der Waals surface area contributed by atoms with Crippen LogP contribution in [0.2, 0.25) is 0 Å². The van der Waals surface area contributed by atoms with Gasteiger partial charge in [0, 0.05) is 17.5 Å². The third kappa shape index (κ3) is 1.90. The number of nitrogens with two attached hydrogens (primary N) is 1. The van der Waals surface area contributed by atoms with Crippen LogP contribution in [0.5, 0.6) is 0 Å². The standard InChI is InChI=1S/C11H13F2N3/c1-11(14,10(12)13)6-9-7-4-2-3-5-8(7)15-16-9/h2-5,10H,6,14H2,1H3,(H,15,16). The van der Waals surface area contributed by atoms with Gasteiger partial charge in [-0.05, 0) is 13.0 Å². The van der Waals surface area contributed by atoms with Crippen LogP contribution in [0.3, 0.4) is 0 Å². The van der Waals surface area contributed by atoms with E-state index in [1.807, 2.05) is 24.3 Å². The molecule has 2 aromatic rings. The Bertz CT molecular complexity index is 491. The van der Waals surface area contributed by atoms with E-state index in [0.717, 1.165) is 10.9 Å². The lowest BCUT2D eigenvalue weighted by molar-refractivity contribution is 0.0636. The minimum atomic E-state index is -2.56. The van der Waals surface area contributed by atoms with Crippen LogP contribution in [-0.2, 0) is 6.42 Å². The van der Waals surface area contributed by atoms with Crippen molar-refractivity contribution in [2.24, 2.45) is 5.73 Å². The number of hydrogen-bond acceptors (Lipinski definition) is 2. The van der Waals surface area contributed by atoms with Gasteiger partial charge in [0.15, 0.2) is 0 Å². The number of aromatic nitrogens is 2. The first-order valence-corrected chi connectivity index (χ1v) is 5.00. The zero-order chi connectivity index (χ0) is 11.8. The highest BCUT2D eigenvalue weighted by molar-refractivity contribution is 5.81. The van der Waals surface area contributed by atoms with Crippen molar-refractivity contribution >= 4 is 10.9 Å². The number of benzene rings is 1. The number of aromatic amines is 1. The van der Waals surface area contributed by atoms with Crippen molar-refractivity contribution in [2.75, 3.05) is 0 Å². The zero-order valence-corrected chi connectivity index (χ0v) is 8.87. The van der Waals surface area contributed by atoms with E-state index in [9.17, 15) is 8.78 Å². The van der Waals surface area contributed by atoms with Crippen LogP contribution in [0, 0.1) is 0 Å². The molecule has 0 fully saturated rings. The molecule has 1 atom stereocenters. The summed E-state index contributed by atoms with van der Waals surface area (Å²) in [6.45, 7) is 1.34. The number of para-hydroxylation sites is 1. The number of rotatable bonds is 3. The Kier molecular flexibility index (Phi) is 2.63. The van der Waals surface area contributed by atoms with Gasteiger partial charge in [-0.15, -0.1) is 0 Å². The largest absolute Gasteiger partial charge is 0.320 e. The summed E-state index contributed by atoms with van der Waals surface area (Å²) in [5, 5.41) is 7.65. The van der Waals surface area contributed by atoms with E-state index in [0.29, 0.717) is 5.69 Å². The summed E-state index contributed by atoms with van der Waals surface area (Å²) in [5.41, 5.74) is 5.43. The molecule has 2 rings (SSSR count). The maximum atomic E-state index is 12.6. The van der Waals surface area contributed by atoms with Gasteiger partial charge in [0.1, 0.15) is 0 Å². The average molecular weight is 225 g/mol. The highest BCUT2D eigenvalue weighted by Gasteiger charge is 2.31. The van der Waals surface area contributed by atoms with Crippen LogP contribution in [0.4, 0.5) is 8.78 Å². The number of fused-ring (bicyclic) bond motifs is 1. The fourth-order valence-corrected chi connectivity index (χ4v) is 1.61. The van der Waals surface area contributed by atoms with E-state index < -0.39 is 12.0 Å². The lowest BCUT2D eigenvalue weighted by atomic mass is 9.96. The van der Waals surface area contributed by atoms with Crippen LogP contribution in [-0.4, -0.2) is 22.2 Å². The lowest BCUT2D eigenvalue weighted by Gasteiger charge is -2.22. The average Bonchev–Trinajstić information content (AvgIpc) is 2.61. The van der Waals surface area contributed by atoms with Crippen molar-refractivity contribution in [3.63, 3.8) is 0 Å². The first-order valence-electron chi connectivity index (χ1n) is 5.00. The fraction of sp³-hybridized carbons (Fsp3) is 0.364. The van der Waals surface area contributed by atoms with Gasteiger partial charge in [0.2, 0.25) is 0 Å². The minimum Gasteiger partial charge on any atom is -0.320 e. The number of hydrogen-bond donors (Lipinski definition) is 2. The summed E-state index contributed by atoms with van der Waals surface area (Å²) in [7, 11) is 0. The van der Waals surface area contributed by atoms with Crippen molar-refractivity contribution in [3.8, 4) is 0 Å². The molecule has 0 saturated carbocycles. The highest BCUT2D eigenvalue weighted by atomic mass is 19.3. The Labute approximate surface area is 91.6 Å². The Morgan fingerprint density at radius 2 is 2.12 bits per heavy atom. The van der Waals surface area contributed by atoms with Gasteiger partial charge < -0.3 is 5.73 Å². The number of nitrogens with one attached hydrogen (secondary N) is 1. The van der Waals surface area contributed by atoms with Gasteiger partial charge >= 0.3 is 0 Å². The molecule has 1 aromatic heterocycles. The molecule has 1 aromatic carbocycles. The topological polar surface area (TPSA) is 54.7 Å². The third-order valence-electron chi connectivity index (χ3n) is 2.60. The third-order valence-corrected chi connectivity index (χ3v) is 2.60. The molecule has 3 nitrogen and oxygen atoms in total. The van der Waals surface area contributed by atoms with Gasteiger partial charge in [0.05, 0.1) is 11.1 Å². The molecule has 0 radical (unpaired) electrons. The quantitative estimate of drug-likeness (QED) is 0.840. The fourth-order valence-electron chi connectivity index (χ4n) is 1.61. The molecular weight excluding hydrogens is 212 g/mol. The van der Waals surface area contributed by atoms with Gasteiger partial charge in [-0.3, -0.25) is 5.10 Å². The molecule has 1 unspecified atom stereocenters. The van der Waals surface area contributed by atoms with E-state index >= 15 is 0 Å². The van der Waals surface area contributed by atoms with Gasteiger partial charge in [-0.25, -0.2) is 8.78 Å². The summed E-state index contributed by atoms with van der Waals surface area (Å²) in [6, 6.07) is 7.36. The van der Waals surface area contributed by atoms with Crippen molar-refractivity contribution in [1.29, 1.82) is 0 Å². The second-order valence-corrected chi connectivity index (χ2v) is 4.20. The number of nitrogens with zero attached hydrogens (tertiary/aromatic N) is 1. The van der Waals surface area contributed by atoms with E-state index in [4.69, 9.17) is 5.73 Å². The minimum absolute atomic E-state index is 0.0746. The molecule has 0 bridgehead atoms. The molecule has 86 valence electrons. The van der Waals surface area contributed by atoms with Crippen LogP contribution in [0.25, 0.3) is 10.9 Å². The smallest absolute Gasteiger partial charge is 0.256 e. The summed E-state index contributed by atoms with van der Waals surface area (Å²) < 4.78 is 25.3. The predicted octanol–water partition coefficient (Wildman–Crippen LogP) is 2.09. The lowest BCUT2D eigenvalue weighted by Crippen LogP contribution is -2.46. The molecule has 0 aliphatic heterocycles. The molecule has 0 aliphatic carbocycles. The van der Waals surface area contributed by atoms with Gasteiger partial charge in [-0.1, -0.05) is 18.2 Å². The second kappa shape index (κ2) is 3.83. The molecule has 0 spiro atoms. The van der Waals surface area contributed by atoms with E-state index in [-0.39, 0.29) is 6.42 Å². The normalized spacial score (nSPS) is 15.6. The highest BCUT2D eigenvalue weighted by Crippen LogP contribution is 2.22. The molecule has 16 heavy (non-hydrogen) atoms. The maximum absolute atomic E-state index is 12.6. The van der Waals surface area contributed by atoms with Gasteiger partial charge in [0.25, 0.3) is 6.43 Å². The molecule has 3 N–H and O–H groups in total. The van der Waals surface area contributed by atoms with Crippen molar-refractivity contribution in [1.82, 2.24) is 10.2 Å². The Hall–Kier alpha value is -1.49. The Morgan fingerprint density at radius 1 is 1.44 bits per heavy atom. The van der Waals surface area contributed by atoms with Gasteiger partial charge in [-0.2, -0.15) is 5.10 Å². The van der Waals surface area contributed by atoms with Crippen molar-refractivity contribution < 1.29 is 8.78 Å². The van der Waals surface area contributed by atoms with Crippen molar-refractivity contribution in [2.45, 2.75) is 25.3 Å². The van der Waals surface area contributed by atoms with Crippen LogP contribution >= 0.6 is 0 Å². The van der Waals surface area contributed by atoms with E-state index in [2.05, 4.69) is 10.2 Å². The summed E-state index contributed by atoms with van der Waals surface area (Å²) in [6.07, 6.45) is -2.49. The molecule has 0 aliphatic rings. The predicted molar refractivity (Wildman–Crippen MR) is 58.4 cm³/mol. The molecule has 0 amide bonds. The van der Waals surface area contributed by atoms with Crippen LogP contribution in [0.1, 0.15) is 12.6 Å². The Morgan fingerprint density at radius 3 is 2.81 bits per heavy atom. The first kappa shape index (κ1) is 11.0. The zero-order valence-electron chi connectivity index (χ0n) is 8.87. The molecule has 0 saturated heterocycles. The monoisotopic (exact) mass is 225 g/mol. The Balaban J connectivity index is 2.35. The number of halogens is 2. The van der Waals surface area contributed by atoms with Crippen molar-refractivity contribution in [3.05, 3.63) is 30.0 Å². The molecule has 5 heteroatoms. The summed E-state index contributed by atoms with van der Waals surface area (Å²) in [5.74, 6) is 0. The van der Waals surface area contributed by atoms with Crippen LogP contribution < -0.4 is 5.73 Å². The summed E-state index contributed by atoms with van der Waals surface area (Å²) in [4.78, 5) is 0. The SMILES string of the molecule is CC(N)(Cc1[nH]nc2ccccc12)C(F)F. The molecule has 1 heterocycles. The first-order chi connectivity index (χ1) is 7.50. The molecular formula is C11H13F2N3. The number of H-pyrrole nitrogens is 1. The van der Waals surface area contributed by atoms with Crippen LogP contribution in [0.15, 0.2) is 24.3 Å². The van der Waals surface area contributed by atoms with E-state index in [1.165, 1.54) is 6.92 Å². The maximum Gasteiger partial charge on any atom is 0.256 e. The second-order valence-electron chi connectivity index (χ2n) is 4.20. The summed E-state index contributed by atoms with van der Waals surface area (Å²) >= 11 is 0. The van der Waals surface area contributed by atoms with E-state index in [1.54, 1.807) is 0 Å².